The minimum atomic E-state index is -0.162. The number of esters is 1. The molecule has 162 valence electrons. The Morgan fingerprint density at radius 2 is 1.66 bits per heavy atom. The van der Waals surface area contributed by atoms with Gasteiger partial charge in [-0.3, -0.25) is 14.4 Å². The van der Waals surface area contributed by atoms with Gasteiger partial charge in [0.05, 0.1) is 13.0 Å². The number of carbonyl (C=O) groups excluding carboxylic acids is 3. The van der Waals surface area contributed by atoms with E-state index in [0.717, 1.165) is 29.9 Å². The standard InChI is InChI=1S/C22H34N2O4S/c1-3-8-20(25)23-13-11-21(26)24-14-16-29-15-12-19(17-22(27)28-4-2)18-9-6-5-7-10-18/h5-7,9-10,19H,3-4,8,11-17H2,1-2H3,(H,23,25)(H,24,26). The summed E-state index contributed by atoms with van der Waals surface area (Å²) >= 11 is 1.76. The molecule has 2 amide bonds. The summed E-state index contributed by atoms with van der Waals surface area (Å²) in [5.74, 6) is 1.64. The van der Waals surface area contributed by atoms with E-state index in [0.29, 0.717) is 39.0 Å². The molecule has 0 spiro atoms. The molecule has 0 saturated carbocycles. The zero-order valence-corrected chi connectivity index (χ0v) is 18.4. The molecule has 0 saturated heterocycles. The van der Waals surface area contributed by atoms with E-state index in [4.69, 9.17) is 4.74 Å². The van der Waals surface area contributed by atoms with E-state index < -0.39 is 0 Å². The lowest BCUT2D eigenvalue weighted by molar-refractivity contribution is -0.143. The summed E-state index contributed by atoms with van der Waals surface area (Å²) in [5.41, 5.74) is 1.15. The first-order valence-electron chi connectivity index (χ1n) is 10.4. The monoisotopic (exact) mass is 422 g/mol. The molecule has 6 nitrogen and oxygen atoms in total. The van der Waals surface area contributed by atoms with Crippen molar-refractivity contribution in [1.82, 2.24) is 10.6 Å². The molecule has 0 aliphatic carbocycles. The minimum Gasteiger partial charge on any atom is -0.466 e. The lowest BCUT2D eigenvalue weighted by Gasteiger charge is -2.16. The first kappa shape index (κ1) is 25.0. The van der Waals surface area contributed by atoms with Gasteiger partial charge in [-0.2, -0.15) is 11.8 Å². The number of thioether (sulfide) groups is 1. The largest absolute Gasteiger partial charge is 0.466 e. The minimum absolute atomic E-state index is 0.00774. The predicted octanol–water partition coefficient (Wildman–Crippen LogP) is 3.27. The molecule has 1 unspecified atom stereocenters. The zero-order valence-electron chi connectivity index (χ0n) is 17.6. The van der Waals surface area contributed by atoms with E-state index >= 15 is 0 Å². The molecule has 0 radical (unpaired) electrons. The lowest BCUT2D eigenvalue weighted by atomic mass is 9.93. The smallest absolute Gasteiger partial charge is 0.306 e. The maximum Gasteiger partial charge on any atom is 0.306 e. The van der Waals surface area contributed by atoms with Crippen molar-refractivity contribution in [2.24, 2.45) is 0 Å². The Morgan fingerprint density at radius 1 is 0.966 bits per heavy atom. The van der Waals surface area contributed by atoms with Crippen molar-refractivity contribution < 1.29 is 19.1 Å². The van der Waals surface area contributed by atoms with Crippen LogP contribution in [0.15, 0.2) is 30.3 Å². The van der Waals surface area contributed by atoms with Gasteiger partial charge < -0.3 is 15.4 Å². The quantitative estimate of drug-likeness (QED) is 0.335. The molecule has 1 aromatic rings. The second kappa shape index (κ2) is 15.9. The third kappa shape index (κ3) is 12.2. The molecule has 1 aromatic carbocycles. The summed E-state index contributed by atoms with van der Waals surface area (Å²) in [6.07, 6.45) is 2.87. The van der Waals surface area contributed by atoms with Crippen molar-refractivity contribution in [1.29, 1.82) is 0 Å². The highest BCUT2D eigenvalue weighted by Gasteiger charge is 2.16. The predicted molar refractivity (Wildman–Crippen MR) is 118 cm³/mol. The fourth-order valence-corrected chi connectivity index (χ4v) is 3.74. The maximum atomic E-state index is 11.9. The van der Waals surface area contributed by atoms with Crippen molar-refractivity contribution >= 4 is 29.5 Å². The van der Waals surface area contributed by atoms with Crippen molar-refractivity contribution in [3.63, 3.8) is 0 Å². The van der Waals surface area contributed by atoms with Gasteiger partial charge in [0.2, 0.25) is 11.8 Å². The number of benzene rings is 1. The fourth-order valence-electron chi connectivity index (χ4n) is 2.84. The molecular weight excluding hydrogens is 388 g/mol. The zero-order chi connectivity index (χ0) is 21.3. The third-order valence-electron chi connectivity index (χ3n) is 4.32. The Balaban J connectivity index is 2.22. The van der Waals surface area contributed by atoms with E-state index in [9.17, 15) is 14.4 Å². The second-order valence-corrected chi connectivity index (χ2v) is 7.94. The van der Waals surface area contributed by atoms with Crippen LogP contribution in [0.25, 0.3) is 0 Å². The van der Waals surface area contributed by atoms with Gasteiger partial charge in [-0.1, -0.05) is 37.3 Å². The average molecular weight is 423 g/mol. The first-order chi connectivity index (χ1) is 14.1. The van der Waals surface area contributed by atoms with E-state index in [1.807, 2.05) is 44.2 Å². The van der Waals surface area contributed by atoms with Crippen LogP contribution in [-0.2, 0) is 19.1 Å². The molecule has 1 rings (SSSR count). The molecule has 0 aliphatic rings. The molecule has 0 bridgehead atoms. The molecule has 0 aliphatic heterocycles. The molecule has 1 atom stereocenters. The number of carbonyl (C=O) groups is 3. The van der Waals surface area contributed by atoms with Crippen molar-refractivity contribution in [3.8, 4) is 0 Å². The van der Waals surface area contributed by atoms with Crippen LogP contribution in [0.5, 0.6) is 0 Å². The number of rotatable bonds is 15. The first-order valence-corrected chi connectivity index (χ1v) is 11.5. The Bertz CT molecular complexity index is 610. The van der Waals surface area contributed by atoms with Gasteiger partial charge in [-0.25, -0.2) is 0 Å². The Kier molecular flexibility index (Phi) is 13.7. The van der Waals surface area contributed by atoms with Crippen LogP contribution < -0.4 is 10.6 Å². The van der Waals surface area contributed by atoms with Gasteiger partial charge in [-0.15, -0.1) is 0 Å². The Labute approximate surface area is 178 Å². The normalized spacial score (nSPS) is 11.5. The third-order valence-corrected chi connectivity index (χ3v) is 5.34. The van der Waals surface area contributed by atoms with Gasteiger partial charge in [0.25, 0.3) is 0 Å². The summed E-state index contributed by atoms with van der Waals surface area (Å²) in [4.78, 5) is 35.0. The van der Waals surface area contributed by atoms with Crippen molar-refractivity contribution in [2.75, 3.05) is 31.2 Å². The molecule has 0 fully saturated rings. The number of hydrogen-bond donors (Lipinski definition) is 2. The average Bonchev–Trinajstić information content (AvgIpc) is 2.70. The Morgan fingerprint density at radius 3 is 2.34 bits per heavy atom. The fraction of sp³-hybridized carbons (Fsp3) is 0.591. The van der Waals surface area contributed by atoms with E-state index in [-0.39, 0.29) is 23.7 Å². The summed E-state index contributed by atoms with van der Waals surface area (Å²) in [6.45, 7) is 5.14. The van der Waals surface area contributed by atoms with Crippen molar-refractivity contribution in [2.45, 2.75) is 51.9 Å². The number of hydrogen-bond acceptors (Lipinski definition) is 5. The number of ether oxygens (including phenoxy) is 1. The highest BCUT2D eigenvalue weighted by molar-refractivity contribution is 7.99. The van der Waals surface area contributed by atoms with Gasteiger partial charge in [0, 0.05) is 31.7 Å². The lowest BCUT2D eigenvalue weighted by Crippen LogP contribution is -2.31. The van der Waals surface area contributed by atoms with Gasteiger partial charge in [0.1, 0.15) is 0 Å². The highest BCUT2D eigenvalue weighted by atomic mass is 32.2. The molecule has 7 heteroatoms. The van der Waals surface area contributed by atoms with Crippen LogP contribution in [0.4, 0.5) is 0 Å². The Hall–Kier alpha value is -2.02. The van der Waals surface area contributed by atoms with E-state index in [1.165, 1.54) is 0 Å². The van der Waals surface area contributed by atoms with Crippen LogP contribution >= 0.6 is 11.8 Å². The number of nitrogens with one attached hydrogen (secondary N) is 2. The van der Waals surface area contributed by atoms with Crippen molar-refractivity contribution in [3.05, 3.63) is 35.9 Å². The van der Waals surface area contributed by atoms with Gasteiger partial charge in [-0.05, 0) is 37.0 Å². The van der Waals surface area contributed by atoms with E-state index in [1.54, 1.807) is 11.8 Å². The molecule has 0 heterocycles. The number of amides is 2. The molecule has 2 N–H and O–H groups in total. The topological polar surface area (TPSA) is 84.5 Å². The highest BCUT2D eigenvalue weighted by Crippen LogP contribution is 2.25. The SMILES string of the molecule is CCCC(=O)NCCC(=O)NCCSCCC(CC(=O)OCC)c1ccccc1. The van der Waals surface area contributed by atoms with Gasteiger partial charge in [0.15, 0.2) is 0 Å². The van der Waals surface area contributed by atoms with E-state index in [2.05, 4.69) is 10.6 Å². The molecular formula is C22H34N2O4S. The summed E-state index contributed by atoms with van der Waals surface area (Å²) < 4.78 is 5.11. The van der Waals surface area contributed by atoms with Crippen LogP contribution in [0, 0.1) is 0 Å². The second-order valence-electron chi connectivity index (χ2n) is 6.72. The molecule has 0 aromatic heterocycles. The maximum absolute atomic E-state index is 11.9. The summed E-state index contributed by atoms with van der Waals surface area (Å²) in [6, 6.07) is 10.0. The molecule has 29 heavy (non-hydrogen) atoms. The van der Waals surface area contributed by atoms with Crippen LogP contribution in [0.2, 0.25) is 0 Å². The van der Waals surface area contributed by atoms with Crippen LogP contribution in [-0.4, -0.2) is 49.0 Å². The van der Waals surface area contributed by atoms with Crippen LogP contribution in [0.3, 0.4) is 0 Å². The summed E-state index contributed by atoms with van der Waals surface area (Å²) in [5, 5.41) is 5.61. The van der Waals surface area contributed by atoms with Gasteiger partial charge >= 0.3 is 5.97 Å². The van der Waals surface area contributed by atoms with Crippen LogP contribution in [0.1, 0.15) is 57.4 Å². The summed E-state index contributed by atoms with van der Waals surface area (Å²) in [7, 11) is 0.